The van der Waals surface area contributed by atoms with Crippen LogP contribution in [0.25, 0.3) is 0 Å². The van der Waals surface area contributed by atoms with Gasteiger partial charge in [0.25, 0.3) is 5.91 Å². The lowest BCUT2D eigenvalue weighted by molar-refractivity contribution is 0.0490. The number of likely N-dealkylation sites (tertiary alicyclic amines) is 1. The number of rotatable bonds is 4. The van der Waals surface area contributed by atoms with E-state index in [1.807, 2.05) is 29.3 Å². The van der Waals surface area contributed by atoms with Gasteiger partial charge < -0.3 is 9.47 Å². The average molecular weight is 280 g/mol. The second kappa shape index (κ2) is 5.06. The van der Waals surface area contributed by atoms with Crippen molar-refractivity contribution in [3.05, 3.63) is 59.9 Å². The molecule has 1 saturated heterocycles. The zero-order chi connectivity index (χ0) is 14.2. The van der Waals surface area contributed by atoms with Gasteiger partial charge in [-0.15, -0.1) is 0 Å². The molecule has 0 radical (unpaired) electrons. The third-order valence-electron chi connectivity index (χ3n) is 4.55. The molecule has 1 aromatic heterocycles. The van der Waals surface area contributed by atoms with Gasteiger partial charge >= 0.3 is 0 Å². The Labute approximate surface area is 125 Å². The van der Waals surface area contributed by atoms with Crippen LogP contribution in [-0.2, 0) is 6.42 Å². The lowest BCUT2D eigenvalue weighted by Gasteiger charge is -2.39. The van der Waals surface area contributed by atoms with E-state index in [0.29, 0.717) is 12.0 Å². The smallest absolute Gasteiger partial charge is 0.270 e. The van der Waals surface area contributed by atoms with Gasteiger partial charge in [-0.25, -0.2) is 0 Å². The molecule has 2 aliphatic rings. The van der Waals surface area contributed by atoms with Crippen molar-refractivity contribution in [2.75, 3.05) is 13.1 Å². The van der Waals surface area contributed by atoms with Crippen molar-refractivity contribution in [2.24, 2.45) is 5.92 Å². The Kier molecular flexibility index (Phi) is 3.06. The van der Waals surface area contributed by atoms with Gasteiger partial charge in [-0.3, -0.25) is 4.79 Å². The van der Waals surface area contributed by atoms with Gasteiger partial charge in [0, 0.05) is 25.3 Å². The van der Waals surface area contributed by atoms with Crippen LogP contribution in [0.2, 0.25) is 0 Å². The van der Waals surface area contributed by atoms with Crippen LogP contribution < -0.4 is 0 Å². The maximum Gasteiger partial charge on any atom is 0.270 e. The minimum Gasteiger partial charge on any atom is -0.340 e. The van der Waals surface area contributed by atoms with E-state index in [9.17, 15) is 4.79 Å². The van der Waals surface area contributed by atoms with E-state index in [1.165, 1.54) is 18.4 Å². The fraction of sp³-hybridized carbons (Fsp3) is 0.389. The SMILES string of the molecule is O=C(c1cccn1C1CC1)N1CC(Cc2ccccc2)C1. The summed E-state index contributed by atoms with van der Waals surface area (Å²) < 4.78 is 2.16. The van der Waals surface area contributed by atoms with Crippen LogP contribution in [-0.4, -0.2) is 28.5 Å². The summed E-state index contributed by atoms with van der Waals surface area (Å²) >= 11 is 0. The summed E-state index contributed by atoms with van der Waals surface area (Å²) in [4.78, 5) is 14.5. The zero-order valence-corrected chi connectivity index (χ0v) is 12.1. The molecular weight excluding hydrogens is 260 g/mol. The first-order valence-electron chi connectivity index (χ1n) is 7.81. The maximum absolute atomic E-state index is 12.5. The van der Waals surface area contributed by atoms with Gasteiger partial charge in [0.1, 0.15) is 5.69 Å². The third-order valence-corrected chi connectivity index (χ3v) is 4.55. The molecule has 0 bridgehead atoms. The van der Waals surface area contributed by atoms with E-state index in [4.69, 9.17) is 0 Å². The molecule has 108 valence electrons. The Hall–Kier alpha value is -2.03. The highest BCUT2D eigenvalue weighted by Gasteiger charge is 2.34. The number of amides is 1. The summed E-state index contributed by atoms with van der Waals surface area (Å²) in [6.45, 7) is 1.78. The molecule has 3 heteroatoms. The summed E-state index contributed by atoms with van der Waals surface area (Å²) in [6, 6.07) is 15.1. The topological polar surface area (TPSA) is 25.2 Å². The lowest BCUT2D eigenvalue weighted by Crippen LogP contribution is -2.51. The van der Waals surface area contributed by atoms with Gasteiger partial charge in [-0.1, -0.05) is 30.3 Å². The van der Waals surface area contributed by atoms with Gasteiger partial charge in [0.05, 0.1) is 0 Å². The molecule has 0 spiro atoms. The number of carbonyl (C=O) groups is 1. The Bertz CT molecular complexity index is 636. The molecule has 4 rings (SSSR count). The molecule has 2 aromatic rings. The van der Waals surface area contributed by atoms with Crippen molar-refractivity contribution >= 4 is 5.91 Å². The van der Waals surface area contributed by atoms with E-state index in [0.717, 1.165) is 25.2 Å². The van der Waals surface area contributed by atoms with E-state index < -0.39 is 0 Å². The second-order valence-electron chi connectivity index (χ2n) is 6.30. The number of hydrogen-bond donors (Lipinski definition) is 0. The van der Waals surface area contributed by atoms with E-state index >= 15 is 0 Å². The summed E-state index contributed by atoms with van der Waals surface area (Å²) in [7, 11) is 0. The van der Waals surface area contributed by atoms with Crippen molar-refractivity contribution < 1.29 is 4.79 Å². The first-order chi connectivity index (χ1) is 10.3. The molecule has 1 saturated carbocycles. The van der Waals surface area contributed by atoms with Crippen LogP contribution >= 0.6 is 0 Å². The van der Waals surface area contributed by atoms with Crippen LogP contribution in [0.1, 0.15) is 34.9 Å². The molecular formula is C18H20N2O. The normalized spacial score (nSPS) is 18.6. The van der Waals surface area contributed by atoms with Crippen molar-refractivity contribution in [3.63, 3.8) is 0 Å². The predicted octanol–water partition coefficient (Wildman–Crippen LogP) is 3.14. The van der Waals surface area contributed by atoms with Crippen LogP contribution in [0.5, 0.6) is 0 Å². The summed E-state index contributed by atoms with van der Waals surface area (Å²) in [5.74, 6) is 0.817. The summed E-state index contributed by atoms with van der Waals surface area (Å²) in [6.07, 6.45) is 5.55. The second-order valence-corrected chi connectivity index (χ2v) is 6.30. The van der Waals surface area contributed by atoms with Gasteiger partial charge in [-0.2, -0.15) is 0 Å². The summed E-state index contributed by atoms with van der Waals surface area (Å²) in [5, 5.41) is 0. The van der Waals surface area contributed by atoms with Gasteiger partial charge in [0.2, 0.25) is 0 Å². The standard InChI is InChI=1S/C18H20N2O/c21-18(17-7-4-10-20(17)16-8-9-16)19-12-15(13-19)11-14-5-2-1-3-6-14/h1-7,10,15-16H,8-9,11-13H2. The molecule has 3 nitrogen and oxygen atoms in total. The Morgan fingerprint density at radius 3 is 2.52 bits per heavy atom. The molecule has 2 heterocycles. The third kappa shape index (κ3) is 2.48. The minimum absolute atomic E-state index is 0.205. The van der Waals surface area contributed by atoms with E-state index in [2.05, 4.69) is 28.8 Å². The van der Waals surface area contributed by atoms with Crippen LogP contribution in [0.4, 0.5) is 0 Å². The van der Waals surface area contributed by atoms with E-state index in [1.54, 1.807) is 0 Å². The molecule has 1 amide bonds. The predicted molar refractivity (Wildman–Crippen MR) is 82.2 cm³/mol. The van der Waals surface area contributed by atoms with Crippen LogP contribution in [0.3, 0.4) is 0 Å². The molecule has 1 aliphatic heterocycles. The quantitative estimate of drug-likeness (QED) is 0.844. The molecule has 0 unspecified atom stereocenters. The molecule has 1 aromatic carbocycles. The fourth-order valence-corrected chi connectivity index (χ4v) is 3.22. The largest absolute Gasteiger partial charge is 0.340 e. The highest BCUT2D eigenvalue weighted by atomic mass is 16.2. The number of carbonyl (C=O) groups excluding carboxylic acids is 1. The highest BCUT2D eigenvalue weighted by molar-refractivity contribution is 5.93. The van der Waals surface area contributed by atoms with E-state index in [-0.39, 0.29) is 5.91 Å². The summed E-state index contributed by atoms with van der Waals surface area (Å²) in [5.41, 5.74) is 2.24. The highest BCUT2D eigenvalue weighted by Crippen LogP contribution is 2.36. The number of aromatic nitrogens is 1. The molecule has 21 heavy (non-hydrogen) atoms. The van der Waals surface area contributed by atoms with Gasteiger partial charge in [0.15, 0.2) is 0 Å². The average Bonchev–Trinajstić information content (AvgIpc) is 3.20. The Morgan fingerprint density at radius 1 is 1.05 bits per heavy atom. The lowest BCUT2D eigenvalue weighted by atomic mass is 9.92. The number of nitrogens with zero attached hydrogens (tertiary/aromatic N) is 2. The van der Waals surface area contributed by atoms with Crippen molar-refractivity contribution in [1.82, 2.24) is 9.47 Å². The molecule has 0 N–H and O–H groups in total. The first kappa shape index (κ1) is 12.7. The fourth-order valence-electron chi connectivity index (χ4n) is 3.22. The molecule has 1 aliphatic carbocycles. The van der Waals surface area contributed by atoms with Crippen LogP contribution in [0.15, 0.2) is 48.7 Å². The van der Waals surface area contributed by atoms with Crippen molar-refractivity contribution in [2.45, 2.75) is 25.3 Å². The zero-order valence-electron chi connectivity index (χ0n) is 12.1. The Balaban J connectivity index is 1.37. The minimum atomic E-state index is 0.205. The Morgan fingerprint density at radius 2 is 1.81 bits per heavy atom. The number of benzene rings is 1. The van der Waals surface area contributed by atoms with Crippen molar-refractivity contribution in [3.8, 4) is 0 Å². The first-order valence-corrected chi connectivity index (χ1v) is 7.81. The van der Waals surface area contributed by atoms with Crippen LogP contribution in [0, 0.1) is 5.92 Å². The monoisotopic (exact) mass is 280 g/mol. The molecule has 0 atom stereocenters. The number of hydrogen-bond acceptors (Lipinski definition) is 1. The molecule has 2 fully saturated rings. The van der Waals surface area contributed by atoms with Crippen molar-refractivity contribution in [1.29, 1.82) is 0 Å². The maximum atomic E-state index is 12.5. The van der Waals surface area contributed by atoms with Gasteiger partial charge in [-0.05, 0) is 42.9 Å².